The van der Waals surface area contributed by atoms with Crippen LogP contribution in [0.3, 0.4) is 0 Å². The molecule has 1 aliphatic carbocycles. The summed E-state index contributed by atoms with van der Waals surface area (Å²) in [6.45, 7) is 10.8. The fourth-order valence-corrected chi connectivity index (χ4v) is 3.45. The van der Waals surface area contributed by atoms with Gasteiger partial charge in [-0.2, -0.15) is 11.8 Å². The molecule has 2 atom stereocenters. The van der Waals surface area contributed by atoms with Crippen LogP contribution in [0.25, 0.3) is 0 Å². The Morgan fingerprint density at radius 1 is 1.35 bits per heavy atom. The fourth-order valence-electron chi connectivity index (χ4n) is 3.04. The number of nitrogens with one attached hydrogen (secondary N) is 1. The number of piperazine rings is 1. The third kappa shape index (κ3) is 2.82. The highest BCUT2D eigenvalue weighted by molar-refractivity contribution is 7.98. The average Bonchev–Trinajstić information content (AvgIpc) is 3.15. The van der Waals surface area contributed by atoms with Crippen molar-refractivity contribution in [1.29, 1.82) is 0 Å². The Morgan fingerprint density at radius 3 is 2.59 bits per heavy atom. The molecule has 1 N–H and O–H groups in total. The second-order valence-electron chi connectivity index (χ2n) is 6.31. The van der Waals surface area contributed by atoms with Crippen molar-refractivity contribution in [2.45, 2.75) is 51.1 Å². The zero-order valence-electron chi connectivity index (χ0n) is 11.9. The molecule has 1 heterocycles. The van der Waals surface area contributed by atoms with Gasteiger partial charge in [-0.1, -0.05) is 6.92 Å². The molecule has 100 valence electrons. The molecule has 17 heavy (non-hydrogen) atoms. The largest absolute Gasteiger partial charge is 0.308 e. The molecule has 0 spiro atoms. The Balaban J connectivity index is 2.06. The molecular formula is C14H28N2S. The van der Waals surface area contributed by atoms with Gasteiger partial charge in [0.05, 0.1) is 0 Å². The molecule has 2 aliphatic rings. The van der Waals surface area contributed by atoms with Gasteiger partial charge in [0.1, 0.15) is 0 Å². The number of hydrogen-bond acceptors (Lipinski definition) is 3. The van der Waals surface area contributed by atoms with Crippen molar-refractivity contribution in [2.75, 3.05) is 31.6 Å². The van der Waals surface area contributed by atoms with Crippen LogP contribution >= 0.6 is 11.8 Å². The average molecular weight is 256 g/mol. The van der Waals surface area contributed by atoms with E-state index < -0.39 is 0 Å². The van der Waals surface area contributed by atoms with Crippen LogP contribution in [0.5, 0.6) is 0 Å². The first-order valence-electron chi connectivity index (χ1n) is 7.03. The first kappa shape index (κ1) is 13.7. The van der Waals surface area contributed by atoms with Gasteiger partial charge in [0.2, 0.25) is 0 Å². The molecule has 0 aromatic heterocycles. The van der Waals surface area contributed by atoms with Gasteiger partial charge in [-0.25, -0.2) is 0 Å². The highest BCUT2D eigenvalue weighted by Crippen LogP contribution is 2.45. The lowest BCUT2D eigenvalue weighted by atomic mass is 9.84. The van der Waals surface area contributed by atoms with Crippen molar-refractivity contribution in [3.63, 3.8) is 0 Å². The van der Waals surface area contributed by atoms with E-state index in [1.165, 1.54) is 44.6 Å². The molecule has 3 heteroatoms. The standard InChI is InChI=1S/C14H28N2S/c1-5-13(2)11-16(8-9-17-4)14(3,10-15-13)12-6-7-12/h12,15H,5-11H2,1-4H3. The maximum absolute atomic E-state index is 3.82. The summed E-state index contributed by atoms with van der Waals surface area (Å²) in [6.07, 6.45) is 6.33. The predicted molar refractivity (Wildman–Crippen MR) is 77.8 cm³/mol. The topological polar surface area (TPSA) is 15.3 Å². The van der Waals surface area contributed by atoms with E-state index in [9.17, 15) is 0 Å². The van der Waals surface area contributed by atoms with Gasteiger partial charge < -0.3 is 5.32 Å². The number of thioether (sulfide) groups is 1. The van der Waals surface area contributed by atoms with E-state index in [1.807, 2.05) is 11.8 Å². The minimum absolute atomic E-state index is 0.326. The van der Waals surface area contributed by atoms with Crippen LogP contribution in [-0.2, 0) is 0 Å². The molecule has 1 saturated heterocycles. The summed E-state index contributed by atoms with van der Waals surface area (Å²) < 4.78 is 0. The van der Waals surface area contributed by atoms with Crippen LogP contribution in [0.2, 0.25) is 0 Å². The summed E-state index contributed by atoms with van der Waals surface area (Å²) in [5.41, 5.74) is 0.747. The van der Waals surface area contributed by atoms with Crippen LogP contribution in [0.4, 0.5) is 0 Å². The van der Waals surface area contributed by atoms with E-state index >= 15 is 0 Å². The van der Waals surface area contributed by atoms with E-state index in [0.29, 0.717) is 11.1 Å². The molecule has 2 unspecified atom stereocenters. The molecule has 2 fully saturated rings. The van der Waals surface area contributed by atoms with Gasteiger partial charge >= 0.3 is 0 Å². The molecule has 0 radical (unpaired) electrons. The van der Waals surface area contributed by atoms with Crippen LogP contribution in [0.15, 0.2) is 0 Å². The van der Waals surface area contributed by atoms with Crippen LogP contribution in [-0.4, -0.2) is 47.6 Å². The highest BCUT2D eigenvalue weighted by atomic mass is 32.2. The van der Waals surface area contributed by atoms with Crippen LogP contribution in [0, 0.1) is 5.92 Å². The minimum atomic E-state index is 0.326. The third-order valence-electron chi connectivity index (χ3n) is 4.94. The Kier molecular flexibility index (Phi) is 4.11. The van der Waals surface area contributed by atoms with E-state index in [-0.39, 0.29) is 0 Å². The third-order valence-corrected chi connectivity index (χ3v) is 5.53. The zero-order chi connectivity index (χ0) is 12.5. The minimum Gasteiger partial charge on any atom is -0.308 e. The fraction of sp³-hybridized carbons (Fsp3) is 1.00. The van der Waals surface area contributed by atoms with Gasteiger partial charge in [0.25, 0.3) is 0 Å². The first-order valence-corrected chi connectivity index (χ1v) is 8.42. The van der Waals surface area contributed by atoms with Gasteiger partial charge in [0, 0.05) is 36.5 Å². The van der Waals surface area contributed by atoms with Gasteiger partial charge in [0.15, 0.2) is 0 Å². The maximum Gasteiger partial charge on any atom is 0.0335 e. The summed E-state index contributed by atoms with van der Waals surface area (Å²) in [4.78, 5) is 2.78. The molecule has 2 rings (SSSR count). The molecular weight excluding hydrogens is 228 g/mol. The van der Waals surface area contributed by atoms with E-state index in [1.54, 1.807) is 0 Å². The van der Waals surface area contributed by atoms with E-state index in [2.05, 4.69) is 37.2 Å². The molecule has 0 aromatic carbocycles. The van der Waals surface area contributed by atoms with Crippen molar-refractivity contribution in [3.05, 3.63) is 0 Å². The van der Waals surface area contributed by atoms with Crippen LogP contribution in [0.1, 0.15) is 40.0 Å². The summed E-state index contributed by atoms with van der Waals surface area (Å²) in [5.74, 6) is 2.21. The Morgan fingerprint density at radius 2 is 2.06 bits per heavy atom. The molecule has 0 bridgehead atoms. The van der Waals surface area contributed by atoms with Crippen molar-refractivity contribution in [2.24, 2.45) is 5.92 Å². The van der Waals surface area contributed by atoms with E-state index in [0.717, 1.165) is 5.92 Å². The SMILES string of the molecule is CCC1(C)CN(CCSC)C(C)(C2CC2)CN1. The number of rotatable bonds is 5. The second-order valence-corrected chi connectivity index (χ2v) is 7.30. The molecule has 0 amide bonds. The summed E-state index contributed by atoms with van der Waals surface area (Å²) in [6, 6.07) is 0. The smallest absolute Gasteiger partial charge is 0.0335 e. The number of hydrogen-bond donors (Lipinski definition) is 1. The maximum atomic E-state index is 3.82. The highest BCUT2D eigenvalue weighted by Gasteiger charge is 2.49. The molecule has 2 nitrogen and oxygen atoms in total. The first-order chi connectivity index (χ1) is 8.04. The van der Waals surface area contributed by atoms with Gasteiger partial charge in [-0.3, -0.25) is 4.90 Å². The normalized spacial score (nSPS) is 39.5. The van der Waals surface area contributed by atoms with Gasteiger partial charge in [-0.15, -0.1) is 0 Å². The summed E-state index contributed by atoms with van der Waals surface area (Å²) in [7, 11) is 0. The Bertz CT molecular complexity index is 267. The second kappa shape index (κ2) is 5.10. The van der Waals surface area contributed by atoms with Crippen molar-refractivity contribution in [3.8, 4) is 0 Å². The monoisotopic (exact) mass is 256 g/mol. The predicted octanol–water partition coefficient (Wildman–Crippen LogP) is 2.59. The van der Waals surface area contributed by atoms with Crippen molar-refractivity contribution < 1.29 is 0 Å². The van der Waals surface area contributed by atoms with Crippen LogP contribution < -0.4 is 5.32 Å². The lowest BCUT2D eigenvalue weighted by Gasteiger charge is -2.52. The summed E-state index contributed by atoms with van der Waals surface area (Å²) >= 11 is 1.97. The Labute approximate surface area is 111 Å². The molecule has 0 aromatic rings. The number of nitrogens with zero attached hydrogens (tertiary/aromatic N) is 1. The summed E-state index contributed by atoms with van der Waals surface area (Å²) in [5, 5.41) is 3.82. The zero-order valence-corrected chi connectivity index (χ0v) is 12.7. The van der Waals surface area contributed by atoms with E-state index in [4.69, 9.17) is 0 Å². The van der Waals surface area contributed by atoms with Crippen molar-refractivity contribution >= 4 is 11.8 Å². The lowest BCUT2D eigenvalue weighted by molar-refractivity contribution is 0.0103. The van der Waals surface area contributed by atoms with Crippen molar-refractivity contribution in [1.82, 2.24) is 10.2 Å². The Hall–Kier alpha value is 0.270. The lowest BCUT2D eigenvalue weighted by Crippen LogP contribution is -2.69. The molecule has 1 saturated carbocycles. The van der Waals surface area contributed by atoms with Gasteiger partial charge in [-0.05, 0) is 45.3 Å². The quantitative estimate of drug-likeness (QED) is 0.814. The molecule has 1 aliphatic heterocycles.